The SMILES string of the molecule is O=C(O)C1Cc2ccc(F)cc2CN1Cc1cccs1. The lowest BCUT2D eigenvalue weighted by Gasteiger charge is -2.34. The molecule has 3 nitrogen and oxygen atoms in total. The molecule has 5 heteroatoms. The van der Waals surface area contributed by atoms with Crippen LogP contribution in [0, 0.1) is 5.82 Å². The standard InChI is InChI=1S/C15H14FNO2S/c16-12-4-3-10-7-14(15(18)19)17(8-11(10)6-12)9-13-2-1-5-20-13/h1-6,14H,7-9H2,(H,18,19). The minimum atomic E-state index is -0.823. The highest BCUT2D eigenvalue weighted by Gasteiger charge is 2.31. The van der Waals surface area contributed by atoms with Gasteiger partial charge in [-0.25, -0.2) is 4.39 Å². The van der Waals surface area contributed by atoms with Gasteiger partial charge >= 0.3 is 5.97 Å². The van der Waals surface area contributed by atoms with Crippen LogP contribution < -0.4 is 0 Å². The van der Waals surface area contributed by atoms with Gasteiger partial charge in [0.15, 0.2) is 0 Å². The average molecular weight is 291 g/mol. The number of carboxylic acids is 1. The van der Waals surface area contributed by atoms with Gasteiger partial charge in [0.05, 0.1) is 0 Å². The van der Waals surface area contributed by atoms with E-state index >= 15 is 0 Å². The summed E-state index contributed by atoms with van der Waals surface area (Å²) >= 11 is 1.61. The second kappa shape index (κ2) is 5.34. The van der Waals surface area contributed by atoms with E-state index in [1.807, 2.05) is 22.4 Å². The molecule has 104 valence electrons. The molecule has 1 aromatic carbocycles. The third-order valence-electron chi connectivity index (χ3n) is 3.62. The Morgan fingerprint density at radius 1 is 1.40 bits per heavy atom. The Kier molecular flexibility index (Phi) is 3.54. The molecule has 1 aliphatic heterocycles. The summed E-state index contributed by atoms with van der Waals surface area (Å²) in [6, 6.07) is 8.00. The smallest absolute Gasteiger partial charge is 0.321 e. The van der Waals surface area contributed by atoms with Gasteiger partial charge < -0.3 is 5.11 Å². The van der Waals surface area contributed by atoms with Gasteiger partial charge in [0, 0.05) is 18.0 Å². The maximum Gasteiger partial charge on any atom is 0.321 e. The molecule has 0 radical (unpaired) electrons. The van der Waals surface area contributed by atoms with Gasteiger partial charge in [0.25, 0.3) is 0 Å². The Morgan fingerprint density at radius 3 is 2.95 bits per heavy atom. The molecule has 3 rings (SSSR count). The molecule has 1 aliphatic rings. The van der Waals surface area contributed by atoms with Crippen molar-refractivity contribution in [3.8, 4) is 0 Å². The lowest BCUT2D eigenvalue weighted by atomic mass is 9.94. The van der Waals surface area contributed by atoms with Gasteiger partial charge in [-0.05, 0) is 41.1 Å². The van der Waals surface area contributed by atoms with Crippen LogP contribution in [-0.4, -0.2) is 22.0 Å². The quantitative estimate of drug-likeness (QED) is 0.945. The molecule has 0 saturated heterocycles. The van der Waals surface area contributed by atoms with Gasteiger partial charge in [0.1, 0.15) is 11.9 Å². The summed E-state index contributed by atoms with van der Waals surface area (Å²) < 4.78 is 13.3. The van der Waals surface area contributed by atoms with Crippen molar-refractivity contribution >= 4 is 17.3 Å². The number of aliphatic carboxylic acids is 1. The first-order valence-electron chi connectivity index (χ1n) is 6.40. The first-order chi connectivity index (χ1) is 9.63. The van der Waals surface area contributed by atoms with Crippen molar-refractivity contribution < 1.29 is 14.3 Å². The average Bonchev–Trinajstić information content (AvgIpc) is 2.90. The number of carbonyl (C=O) groups is 1. The van der Waals surface area contributed by atoms with Crippen molar-refractivity contribution in [2.75, 3.05) is 0 Å². The molecule has 0 aliphatic carbocycles. The fourth-order valence-electron chi connectivity index (χ4n) is 2.62. The molecule has 20 heavy (non-hydrogen) atoms. The minimum absolute atomic E-state index is 0.270. The fraction of sp³-hybridized carbons (Fsp3) is 0.267. The molecule has 0 spiro atoms. The normalized spacial score (nSPS) is 18.8. The molecular weight excluding hydrogens is 277 g/mol. The van der Waals surface area contributed by atoms with E-state index in [9.17, 15) is 14.3 Å². The number of fused-ring (bicyclic) bond motifs is 1. The van der Waals surface area contributed by atoms with Crippen LogP contribution in [0.5, 0.6) is 0 Å². The molecule has 0 saturated carbocycles. The van der Waals surface area contributed by atoms with E-state index in [2.05, 4.69) is 0 Å². The monoisotopic (exact) mass is 291 g/mol. The van der Waals surface area contributed by atoms with E-state index in [4.69, 9.17) is 0 Å². The molecule has 0 fully saturated rings. The van der Waals surface area contributed by atoms with Crippen molar-refractivity contribution in [1.29, 1.82) is 0 Å². The van der Waals surface area contributed by atoms with Crippen molar-refractivity contribution in [3.05, 3.63) is 57.5 Å². The van der Waals surface area contributed by atoms with Gasteiger partial charge in [0.2, 0.25) is 0 Å². The van der Waals surface area contributed by atoms with Gasteiger partial charge in [-0.3, -0.25) is 9.69 Å². The summed E-state index contributed by atoms with van der Waals surface area (Å²) in [6.45, 7) is 1.06. The summed E-state index contributed by atoms with van der Waals surface area (Å²) in [5.41, 5.74) is 1.82. The van der Waals surface area contributed by atoms with E-state index in [0.717, 1.165) is 16.0 Å². The Balaban J connectivity index is 1.89. The third-order valence-corrected chi connectivity index (χ3v) is 4.48. The van der Waals surface area contributed by atoms with Crippen molar-refractivity contribution in [3.63, 3.8) is 0 Å². The molecule has 1 aromatic heterocycles. The third kappa shape index (κ3) is 2.59. The maximum atomic E-state index is 13.3. The predicted molar refractivity (Wildman–Crippen MR) is 75.1 cm³/mol. The zero-order chi connectivity index (χ0) is 14.1. The highest BCUT2D eigenvalue weighted by molar-refractivity contribution is 7.09. The molecule has 1 atom stereocenters. The molecule has 1 N–H and O–H groups in total. The van der Waals surface area contributed by atoms with Crippen LogP contribution in [0.15, 0.2) is 35.7 Å². The number of halogens is 1. The Labute approximate surface area is 120 Å². The molecule has 0 bridgehead atoms. The second-order valence-electron chi connectivity index (χ2n) is 4.96. The van der Waals surface area contributed by atoms with E-state index in [1.165, 1.54) is 12.1 Å². The second-order valence-corrected chi connectivity index (χ2v) is 5.99. The number of rotatable bonds is 3. The first kappa shape index (κ1) is 13.3. The molecule has 1 unspecified atom stereocenters. The van der Waals surface area contributed by atoms with Crippen molar-refractivity contribution in [1.82, 2.24) is 4.90 Å². The van der Waals surface area contributed by atoms with E-state index < -0.39 is 12.0 Å². The van der Waals surface area contributed by atoms with Crippen LogP contribution >= 0.6 is 11.3 Å². The van der Waals surface area contributed by atoms with Crippen molar-refractivity contribution in [2.45, 2.75) is 25.6 Å². The lowest BCUT2D eigenvalue weighted by molar-refractivity contribution is -0.144. The van der Waals surface area contributed by atoms with E-state index in [-0.39, 0.29) is 5.82 Å². The minimum Gasteiger partial charge on any atom is -0.480 e. The zero-order valence-electron chi connectivity index (χ0n) is 10.8. The number of hydrogen-bond acceptors (Lipinski definition) is 3. The lowest BCUT2D eigenvalue weighted by Crippen LogP contribution is -2.44. The summed E-state index contributed by atoms with van der Waals surface area (Å²) in [5, 5.41) is 11.4. The summed E-state index contributed by atoms with van der Waals surface area (Å²) in [7, 11) is 0. The van der Waals surface area contributed by atoms with Crippen LogP contribution in [-0.2, 0) is 24.3 Å². The largest absolute Gasteiger partial charge is 0.480 e. The Morgan fingerprint density at radius 2 is 2.25 bits per heavy atom. The topological polar surface area (TPSA) is 40.5 Å². The van der Waals surface area contributed by atoms with Crippen LogP contribution in [0.25, 0.3) is 0 Å². The zero-order valence-corrected chi connectivity index (χ0v) is 11.6. The number of thiophene rings is 1. The summed E-state index contributed by atoms with van der Waals surface area (Å²) in [4.78, 5) is 14.5. The number of carboxylic acid groups (broad SMARTS) is 1. The highest BCUT2D eigenvalue weighted by atomic mass is 32.1. The first-order valence-corrected chi connectivity index (χ1v) is 7.28. The van der Waals surface area contributed by atoms with Gasteiger partial charge in [-0.1, -0.05) is 12.1 Å². The van der Waals surface area contributed by atoms with Crippen LogP contribution in [0.4, 0.5) is 4.39 Å². The number of nitrogens with zero attached hydrogens (tertiary/aromatic N) is 1. The molecule has 2 heterocycles. The van der Waals surface area contributed by atoms with E-state index in [0.29, 0.717) is 19.5 Å². The maximum absolute atomic E-state index is 13.3. The summed E-state index contributed by atoms with van der Waals surface area (Å²) in [6.07, 6.45) is 0.427. The number of hydrogen-bond donors (Lipinski definition) is 1. The van der Waals surface area contributed by atoms with Crippen LogP contribution in [0.1, 0.15) is 16.0 Å². The van der Waals surface area contributed by atoms with E-state index in [1.54, 1.807) is 17.4 Å². The van der Waals surface area contributed by atoms with Crippen molar-refractivity contribution in [2.24, 2.45) is 0 Å². The Bertz CT molecular complexity index is 627. The molecular formula is C15H14FNO2S. The van der Waals surface area contributed by atoms with Crippen LogP contribution in [0.3, 0.4) is 0 Å². The molecule has 2 aromatic rings. The fourth-order valence-corrected chi connectivity index (χ4v) is 3.35. The Hall–Kier alpha value is -1.72. The predicted octanol–water partition coefficient (Wildman–Crippen LogP) is 2.90. The number of benzene rings is 1. The molecule has 0 amide bonds. The summed E-state index contributed by atoms with van der Waals surface area (Å²) in [5.74, 6) is -1.09. The van der Waals surface area contributed by atoms with Crippen LogP contribution in [0.2, 0.25) is 0 Å². The van der Waals surface area contributed by atoms with Gasteiger partial charge in [-0.15, -0.1) is 11.3 Å². The van der Waals surface area contributed by atoms with Gasteiger partial charge in [-0.2, -0.15) is 0 Å². The highest BCUT2D eigenvalue weighted by Crippen LogP contribution is 2.26.